The van der Waals surface area contributed by atoms with Crippen LogP contribution in [-0.4, -0.2) is 292 Å². The summed E-state index contributed by atoms with van der Waals surface area (Å²) in [5.41, 5.74) is -0.701. The van der Waals surface area contributed by atoms with Crippen LogP contribution in [0.25, 0.3) is 0 Å². The first-order valence-electron chi connectivity index (χ1n) is 24.1. The molecular formula is C41H64N12O24. The minimum atomic E-state index is -1.71. The number of rotatable bonds is 24. The highest BCUT2D eigenvalue weighted by atomic mass is 16.6. The van der Waals surface area contributed by atoms with Gasteiger partial charge in [-0.2, -0.15) is 0 Å². The van der Waals surface area contributed by atoms with E-state index < -0.39 is 154 Å². The standard InChI is InChI=1S/C41H64N12O24/c54-5-21-25(58)29(62)33(66)37(74-21)50-1-17(42-46-50)9-70-13-41(14-71-10-18-2-51(47-43-18)38-34(67)30(63)26(59)22(6-55)75-38,15-72-11-19-3-52(48-44-19)39-35(68)31(64)27(60)23(7-56)76-39)16-73-12-20-4-53(49-45-20)40-36(69)32(65)28(61)24(8-57)77-40/h1-4,21-40,54-69H,5-16H2/t21-,22-,23-,24-,25+,26+,27+,28+,29+,30+,31+,32+,33-,34-,35-,36-,37-,38-,39-,40-/m1/s1. The summed E-state index contributed by atoms with van der Waals surface area (Å²) in [4.78, 5) is 0. The number of hydrogen-bond donors (Lipinski definition) is 16. The number of hydrogen-bond acceptors (Lipinski definition) is 32. The molecule has 36 nitrogen and oxygen atoms in total. The van der Waals surface area contributed by atoms with Crippen molar-refractivity contribution >= 4 is 0 Å². The van der Waals surface area contributed by atoms with Crippen molar-refractivity contribution in [2.45, 2.75) is 149 Å². The van der Waals surface area contributed by atoms with Crippen molar-refractivity contribution < 1.29 is 120 Å². The molecule has 4 fully saturated rings. The van der Waals surface area contributed by atoms with Gasteiger partial charge in [-0.25, -0.2) is 18.7 Å². The SMILES string of the molecule is OC[C@H]1O[C@@H](n2cc(COCC(COCc3cn([C@@H]4O[C@H](CO)[C@H](O)[C@H](O)[C@H]4O)nn3)(COCc3cn([C@@H]4O[C@H](CO)[C@H](O)[C@H](O)[C@H]4O)nn3)COCc3cn([C@@H]4O[C@H](CO)[C@H](O)[C@H](O)[C@H]4O)nn3)nn2)[C@H](O)[C@@H](O)[C@H]1O. The molecule has 0 spiro atoms. The molecular weight excluding hydrogens is 1040 g/mol. The van der Waals surface area contributed by atoms with E-state index in [1.165, 1.54) is 24.8 Å². The van der Waals surface area contributed by atoms with Crippen molar-refractivity contribution in [3.8, 4) is 0 Å². The van der Waals surface area contributed by atoms with Gasteiger partial charge in [0.1, 0.15) is 120 Å². The molecule has 20 atom stereocenters. The Morgan fingerprint density at radius 2 is 0.545 bits per heavy atom. The van der Waals surface area contributed by atoms with E-state index in [1.54, 1.807) is 0 Å². The van der Waals surface area contributed by atoms with Crippen molar-refractivity contribution in [1.82, 2.24) is 60.0 Å². The second-order valence-corrected chi connectivity index (χ2v) is 19.1. The summed E-state index contributed by atoms with van der Waals surface area (Å²) in [6.45, 7) is -5.04. The third-order valence-electron chi connectivity index (χ3n) is 13.4. The second-order valence-electron chi connectivity index (χ2n) is 19.1. The highest BCUT2D eigenvalue weighted by Crippen LogP contribution is 2.32. The largest absolute Gasteiger partial charge is 0.394 e. The van der Waals surface area contributed by atoms with Gasteiger partial charge in [-0.3, -0.25) is 0 Å². The molecule has 8 rings (SSSR count). The van der Waals surface area contributed by atoms with Crippen LogP contribution < -0.4 is 0 Å². The zero-order chi connectivity index (χ0) is 55.3. The maximum Gasteiger partial charge on any atom is 0.180 e. The summed E-state index contributed by atoms with van der Waals surface area (Å²) >= 11 is 0. The molecule has 4 aromatic heterocycles. The molecule has 4 aliphatic heterocycles. The van der Waals surface area contributed by atoms with Gasteiger partial charge in [0, 0.05) is 0 Å². The summed E-state index contributed by atoms with van der Waals surface area (Å²) in [7, 11) is 0. The molecule has 0 aliphatic carbocycles. The topological polar surface area (TPSA) is 520 Å². The van der Waals surface area contributed by atoms with Crippen molar-refractivity contribution in [3.05, 3.63) is 47.6 Å². The van der Waals surface area contributed by atoms with E-state index in [0.717, 1.165) is 18.7 Å². The van der Waals surface area contributed by atoms with Crippen LogP contribution in [0.5, 0.6) is 0 Å². The van der Waals surface area contributed by atoms with Gasteiger partial charge < -0.3 is 120 Å². The molecule has 16 N–H and O–H groups in total. The fourth-order valence-corrected chi connectivity index (χ4v) is 8.96. The molecule has 77 heavy (non-hydrogen) atoms. The van der Waals surface area contributed by atoms with Gasteiger partial charge >= 0.3 is 0 Å². The van der Waals surface area contributed by atoms with Crippen LogP contribution >= 0.6 is 0 Å². The molecule has 4 aromatic rings. The van der Waals surface area contributed by atoms with Crippen LogP contribution in [-0.2, 0) is 64.3 Å². The summed E-state index contributed by atoms with van der Waals surface area (Å²) in [6.07, 6.45) is -25.2. The van der Waals surface area contributed by atoms with E-state index in [0.29, 0.717) is 0 Å². The third kappa shape index (κ3) is 13.0. The van der Waals surface area contributed by atoms with Gasteiger partial charge in [0.2, 0.25) is 0 Å². The minimum absolute atomic E-state index is 0.165. The molecule has 0 bridgehead atoms. The van der Waals surface area contributed by atoms with Gasteiger partial charge in [0.15, 0.2) is 24.9 Å². The zero-order valence-corrected chi connectivity index (χ0v) is 40.6. The fourth-order valence-electron chi connectivity index (χ4n) is 8.96. The monoisotopic (exact) mass is 1110 g/mol. The molecule has 0 radical (unpaired) electrons. The zero-order valence-electron chi connectivity index (χ0n) is 40.6. The van der Waals surface area contributed by atoms with E-state index in [1.807, 2.05) is 0 Å². The maximum absolute atomic E-state index is 10.7. The lowest BCUT2D eigenvalue weighted by Crippen LogP contribution is -2.56. The average molecular weight is 1110 g/mol. The van der Waals surface area contributed by atoms with E-state index in [2.05, 4.69) is 41.2 Å². The van der Waals surface area contributed by atoms with E-state index in [9.17, 15) is 81.7 Å². The number of ether oxygens (including phenoxy) is 8. The van der Waals surface area contributed by atoms with E-state index in [-0.39, 0.29) is 75.6 Å². The Hall–Kier alpha value is -4.40. The highest BCUT2D eigenvalue weighted by molar-refractivity contribution is 5.00. The Labute approximate surface area is 433 Å². The second kappa shape index (κ2) is 25.8. The minimum Gasteiger partial charge on any atom is -0.394 e. The molecule has 0 unspecified atom stereocenters. The lowest BCUT2D eigenvalue weighted by molar-refractivity contribution is -0.254. The normalized spacial score (nSPS) is 36.2. The molecule has 432 valence electrons. The number of aliphatic hydroxyl groups is 16. The molecule has 8 heterocycles. The molecule has 4 saturated heterocycles. The maximum atomic E-state index is 10.7. The Morgan fingerprint density at radius 1 is 0.338 bits per heavy atom. The molecule has 0 aromatic carbocycles. The predicted octanol–water partition coefficient (Wildman–Crippen LogP) is -10.9. The van der Waals surface area contributed by atoms with Gasteiger partial charge in [0.05, 0.1) is 109 Å². The van der Waals surface area contributed by atoms with Crippen molar-refractivity contribution in [2.24, 2.45) is 5.41 Å². The average Bonchev–Trinajstić information content (AvgIpc) is 4.29. The van der Waals surface area contributed by atoms with Crippen LogP contribution in [0.2, 0.25) is 0 Å². The molecule has 0 amide bonds. The van der Waals surface area contributed by atoms with Crippen molar-refractivity contribution in [3.63, 3.8) is 0 Å². The van der Waals surface area contributed by atoms with Crippen LogP contribution in [0.1, 0.15) is 47.7 Å². The molecule has 0 saturated carbocycles. The van der Waals surface area contributed by atoms with E-state index >= 15 is 0 Å². The van der Waals surface area contributed by atoms with Gasteiger partial charge in [-0.1, -0.05) is 20.9 Å². The summed E-state index contributed by atoms with van der Waals surface area (Å²) in [5, 5.41) is 196. The van der Waals surface area contributed by atoms with Gasteiger partial charge in [-0.05, 0) is 0 Å². The van der Waals surface area contributed by atoms with Crippen LogP contribution in [0.15, 0.2) is 24.8 Å². The lowest BCUT2D eigenvalue weighted by Gasteiger charge is -2.39. The third-order valence-corrected chi connectivity index (χ3v) is 13.4. The van der Waals surface area contributed by atoms with Crippen molar-refractivity contribution in [2.75, 3.05) is 52.9 Å². The van der Waals surface area contributed by atoms with Crippen LogP contribution in [0.4, 0.5) is 0 Å². The van der Waals surface area contributed by atoms with Crippen LogP contribution in [0.3, 0.4) is 0 Å². The lowest BCUT2D eigenvalue weighted by atomic mass is 9.92. The first kappa shape index (κ1) is 58.7. The summed E-state index contributed by atoms with van der Waals surface area (Å²) in [5.74, 6) is 0. The summed E-state index contributed by atoms with van der Waals surface area (Å²) in [6, 6.07) is 0. The van der Waals surface area contributed by atoms with Crippen LogP contribution in [0, 0.1) is 5.41 Å². The first-order valence-corrected chi connectivity index (χ1v) is 24.1. The van der Waals surface area contributed by atoms with Gasteiger partial charge in [-0.15, -0.1) is 20.4 Å². The number of aliphatic hydroxyl groups excluding tert-OH is 16. The van der Waals surface area contributed by atoms with E-state index in [4.69, 9.17) is 37.9 Å². The molecule has 36 heteroatoms. The first-order chi connectivity index (χ1) is 36.9. The Morgan fingerprint density at radius 3 is 0.740 bits per heavy atom. The Kier molecular flexibility index (Phi) is 19.7. The van der Waals surface area contributed by atoms with Gasteiger partial charge in [0.25, 0.3) is 0 Å². The Bertz CT molecular complexity index is 2100. The summed E-state index contributed by atoms with van der Waals surface area (Å²) < 4.78 is 51.4. The Balaban J connectivity index is 1.02. The fraction of sp³-hybridized carbons (Fsp3) is 0.805. The number of aromatic nitrogens is 12. The predicted molar refractivity (Wildman–Crippen MR) is 237 cm³/mol. The smallest absolute Gasteiger partial charge is 0.180 e. The van der Waals surface area contributed by atoms with Crippen molar-refractivity contribution in [1.29, 1.82) is 0 Å². The highest BCUT2D eigenvalue weighted by Gasteiger charge is 2.48. The number of nitrogens with zero attached hydrogens (tertiary/aromatic N) is 12. The quantitative estimate of drug-likeness (QED) is 0.0310. The molecule has 4 aliphatic rings.